The lowest BCUT2D eigenvalue weighted by Crippen LogP contribution is -2.03. The number of hydrogen-bond acceptors (Lipinski definition) is 7. The molecule has 138 valence electrons. The lowest BCUT2D eigenvalue weighted by molar-refractivity contribution is -0.262. The number of carbonyl (C=O) groups excluding carboxylic acids is 1. The molecule has 0 aliphatic carbocycles. The molecular weight excluding hydrogens is 335 g/mol. The molecule has 0 rings (SSSR count). The summed E-state index contributed by atoms with van der Waals surface area (Å²) in [4.78, 5) is 20.8. The summed E-state index contributed by atoms with van der Waals surface area (Å²) in [5.41, 5.74) is 1.47. The van der Waals surface area contributed by atoms with E-state index in [0.717, 1.165) is 11.1 Å². The van der Waals surface area contributed by atoms with Crippen molar-refractivity contribution in [1.82, 2.24) is 0 Å². The minimum Gasteiger partial charge on any atom is -0.463 e. The fourth-order valence-electron chi connectivity index (χ4n) is 1.47. The molecule has 0 atom stereocenters. The molecule has 0 aromatic carbocycles. The van der Waals surface area contributed by atoms with Crippen molar-refractivity contribution in [2.24, 2.45) is 0 Å². The van der Waals surface area contributed by atoms with Gasteiger partial charge in [0.25, 0.3) is 0 Å². The highest BCUT2D eigenvalue weighted by atomic mass is 31.2. The monoisotopic (exact) mass is 362 g/mol. The van der Waals surface area contributed by atoms with Gasteiger partial charge in [0.05, 0.1) is 26.0 Å². The SMILES string of the molecule is CCOOP(=O)(CC(C)=CC=CC(C)=CC(=O)OCC)OOCC. The van der Waals surface area contributed by atoms with Gasteiger partial charge in [-0.1, -0.05) is 23.8 Å². The van der Waals surface area contributed by atoms with Crippen molar-refractivity contribution >= 4 is 13.6 Å². The molecule has 0 aliphatic rings. The van der Waals surface area contributed by atoms with E-state index in [4.69, 9.17) is 23.9 Å². The van der Waals surface area contributed by atoms with Gasteiger partial charge in [-0.05, 0) is 40.2 Å². The summed E-state index contributed by atoms with van der Waals surface area (Å²) in [5, 5.41) is 0. The summed E-state index contributed by atoms with van der Waals surface area (Å²) in [6.07, 6.45) is 6.60. The number of rotatable bonds is 12. The fraction of sp³-hybridized carbons (Fsp3) is 0.562. The zero-order valence-electron chi connectivity index (χ0n) is 14.9. The maximum absolute atomic E-state index is 12.4. The molecule has 0 saturated heterocycles. The smallest absolute Gasteiger partial charge is 0.388 e. The number of hydrogen-bond donors (Lipinski definition) is 0. The van der Waals surface area contributed by atoms with Gasteiger partial charge in [-0.25, -0.2) is 14.6 Å². The van der Waals surface area contributed by atoms with Gasteiger partial charge in [0.2, 0.25) is 0 Å². The molecule has 24 heavy (non-hydrogen) atoms. The van der Waals surface area contributed by atoms with Gasteiger partial charge in [-0.2, -0.15) is 0 Å². The van der Waals surface area contributed by atoms with Crippen LogP contribution in [0.1, 0.15) is 34.6 Å². The molecule has 7 nitrogen and oxygen atoms in total. The normalized spacial score (nSPS) is 13.5. The molecule has 0 N–H and O–H groups in total. The van der Waals surface area contributed by atoms with E-state index in [9.17, 15) is 9.36 Å². The Morgan fingerprint density at radius 2 is 1.58 bits per heavy atom. The first kappa shape index (κ1) is 22.8. The molecule has 0 fully saturated rings. The van der Waals surface area contributed by atoms with E-state index in [1.54, 1.807) is 52.8 Å². The van der Waals surface area contributed by atoms with Crippen molar-refractivity contribution in [2.75, 3.05) is 26.0 Å². The molecule has 0 radical (unpaired) electrons. The average Bonchev–Trinajstić information content (AvgIpc) is 2.51. The Balaban J connectivity index is 4.76. The van der Waals surface area contributed by atoms with Gasteiger partial charge in [0, 0.05) is 6.08 Å². The Morgan fingerprint density at radius 3 is 2.08 bits per heavy atom. The number of ether oxygens (including phenoxy) is 1. The van der Waals surface area contributed by atoms with Crippen LogP contribution in [-0.2, 0) is 33.2 Å². The number of esters is 1. The van der Waals surface area contributed by atoms with Crippen LogP contribution in [0.15, 0.2) is 35.5 Å². The summed E-state index contributed by atoms with van der Waals surface area (Å²) < 4.78 is 26.9. The third-order valence-electron chi connectivity index (χ3n) is 2.38. The molecule has 0 aromatic heterocycles. The number of allylic oxidation sites excluding steroid dienone is 5. The van der Waals surface area contributed by atoms with Crippen LogP contribution >= 0.6 is 7.60 Å². The fourth-order valence-corrected chi connectivity index (χ4v) is 2.85. The topological polar surface area (TPSA) is 80.3 Å². The third-order valence-corrected chi connectivity index (χ3v) is 3.93. The summed E-state index contributed by atoms with van der Waals surface area (Å²) in [6.45, 7) is 9.50. The Kier molecular flexibility index (Phi) is 12.4. The zero-order valence-corrected chi connectivity index (χ0v) is 15.8. The van der Waals surface area contributed by atoms with Crippen molar-refractivity contribution in [3.8, 4) is 0 Å². The molecule has 0 aliphatic heterocycles. The third kappa shape index (κ3) is 11.3. The highest BCUT2D eigenvalue weighted by molar-refractivity contribution is 7.53. The molecule has 0 unspecified atom stereocenters. The van der Waals surface area contributed by atoms with Crippen molar-refractivity contribution in [3.63, 3.8) is 0 Å². The van der Waals surface area contributed by atoms with E-state index in [0.29, 0.717) is 6.61 Å². The van der Waals surface area contributed by atoms with E-state index in [2.05, 4.69) is 0 Å². The Morgan fingerprint density at radius 1 is 1.00 bits per heavy atom. The van der Waals surface area contributed by atoms with Crippen LogP contribution in [0.3, 0.4) is 0 Å². The van der Waals surface area contributed by atoms with Crippen molar-refractivity contribution in [1.29, 1.82) is 0 Å². The maximum atomic E-state index is 12.4. The van der Waals surface area contributed by atoms with E-state index in [1.807, 2.05) is 0 Å². The molecule has 0 amide bonds. The first-order valence-corrected chi connectivity index (χ1v) is 9.50. The highest BCUT2D eigenvalue weighted by Gasteiger charge is 2.28. The van der Waals surface area contributed by atoms with Gasteiger partial charge in [0.1, 0.15) is 0 Å². The Labute approximate surface area is 143 Å². The van der Waals surface area contributed by atoms with Crippen LogP contribution in [0.2, 0.25) is 0 Å². The van der Waals surface area contributed by atoms with E-state index >= 15 is 0 Å². The highest BCUT2D eigenvalue weighted by Crippen LogP contribution is 2.50. The van der Waals surface area contributed by atoms with Crippen LogP contribution in [-0.4, -0.2) is 32.0 Å². The minimum atomic E-state index is -3.54. The van der Waals surface area contributed by atoms with Gasteiger partial charge >= 0.3 is 13.6 Å². The molecule has 0 aromatic rings. The summed E-state index contributed by atoms with van der Waals surface area (Å²) in [6, 6.07) is 0. The molecule has 0 heterocycles. The van der Waals surface area contributed by atoms with Crippen molar-refractivity contribution in [3.05, 3.63) is 35.5 Å². The van der Waals surface area contributed by atoms with Crippen LogP contribution in [0.25, 0.3) is 0 Å². The van der Waals surface area contributed by atoms with Gasteiger partial charge in [-0.3, -0.25) is 4.57 Å². The first-order valence-electron chi connectivity index (χ1n) is 7.77. The van der Waals surface area contributed by atoms with E-state index < -0.39 is 7.60 Å². The Hall–Kier alpha value is -1.24. The second-order valence-corrected chi connectivity index (χ2v) is 6.58. The largest absolute Gasteiger partial charge is 0.463 e. The predicted molar refractivity (Wildman–Crippen MR) is 91.2 cm³/mol. The van der Waals surface area contributed by atoms with Gasteiger partial charge < -0.3 is 4.74 Å². The standard InChI is InChI=1S/C16H27O7P/c1-6-19-16(17)12-14(4)10-9-11-15(5)13-24(18,22-20-7-2)23-21-8-3/h9-12H,6-8,13H2,1-5H3. The van der Waals surface area contributed by atoms with Crippen LogP contribution < -0.4 is 0 Å². The molecule has 0 bridgehead atoms. The van der Waals surface area contributed by atoms with Crippen LogP contribution in [0.4, 0.5) is 0 Å². The van der Waals surface area contributed by atoms with Gasteiger partial charge in [-0.15, -0.1) is 9.35 Å². The van der Waals surface area contributed by atoms with Gasteiger partial charge in [0.15, 0.2) is 0 Å². The zero-order chi connectivity index (χ0) is 18.4. The number of carbonyl (C=O) groups is 1. The quantitative estimate of drug-likeness (QED) is 0.129. The van der Waals surface area contributed by atoms with Crippen LogP contribution in [0, 0.1) is 0 Å². The molecule has 0 saturated carbocycles. The lowest BCUT2D eigenvalue weighted by Gasteiger charge is -2.15. The van der Waals surface area contributed by atoms with E-state index in [-0.39, 0.29) is 25.3 Å². The lowest BCUT2D eigenvalue weighted by atomic mass is 10.2. The first-order chi connectivity index (χ1) is 11.4. The second-order valence-electron chi connectivity index (χ2n) is 4.74. The summed E-state index contributed by atoms with van der Waals surface area (Å²) in [7, 11) is -3.54. The minimum absolute atomic E-state index is 0.0119. The molecular formula is C16H27O7P. The van der Waals surface area contributed by atoms with Crippen molar-refractivity contribution < 1.29 is 33.2 Å². The van der Waals surface area contributed by atoms with E-state index in [1.165, 1.54) is 6.08 Å². The molecule has 8 heteroatoms. The molecule has 0 spiro atoms. The Bertz CT molecular complexity index is 497. The predicted octanol–water partition coefficient (Wildman–Crippen LogP) is 4.13. The van der Waals surface area contributed by atoms with Crippen molar-refractivity contribution in [2.45, 2.75) is 34.6 Å². The summed E-state index contributed by atoms with van der Waals surface area (Å²) >= 11 is 0. The summed E-state index contributed by atoms with van der Waals surface area (Å²) in [5.74, 6) is -0.389. The van der Waals surface area contributed by atoms with Crippen LogP contribution in [0.5, 0.6) is 0 Å². The maximum Gasteiger partial charge on any atom is 0.388 e. The second kappa shape index (κ2) is 13.1. The average molecular weight is 362 g/mol.